The van der Waals surface area contributed by atoms with E-state index in [9.17, 15) is 4.39 Å². The molecule has 2 heteroatoms. The molecule has 1 rings (SSSR count). The summed E-state index contributed by atoms with van der Waals surface area (Å²) in [6.07, 6.45) is 4.55. The lowest BCUT2D eigenvalue weighted by atomic mass is 9.79. The van der Waals surface area contributed by atoms with Crippen LogP contribution in [-0.4, -0.2) is 12.7 Å². The minimum atomic E-state index is -0.641. The van der Waals surface area contributed by atoms with Crippen molar-refractivity contribution in [1.82, 2.24) is 0 Å². The molecule has 0 spiro atoms. The van der Waals surface area contributed by atoms with E-state index in [2.05, 4.69) is 6.92 Å². The molecule has 1 nitrogen and oxygen atoms in total. The SMILES string of the molecule is CC1CCCC(C(F)CCN)C1. The van der Waals surface area contributed by atoms with Crippen LogP contribution in [0.2, 0.25) is 0 Å². The highest BCUT2D eigenvalue weighted by atomic mass is 19.1. The van der Waals surface area contributed by atoms with Gasteiger partial charge in [0.15, 0.2) is 0 Å². The summed E-state index contributed by atoms with van der Waals surface area (Å²) in [4.78, 5) is 0. The fourth-order valence-corrected chi connectivity index (χ4v) is 2.20. The standard InChI is InChI=1S/C10H20FN/c1-8-3-2-4-9(7-8)10(11)5-6-12/h8-10H,2-7,12H2,1H3. The van der Waals surface area contributed by atoms with Crippen molar-refractivity contribution in [2.45, 2.75) is 45.2 Å². The van der Waals surface area contributed by atoms with Gasteiger partial charge in [-0.3, -0.25) is 0 Å². The summed E-state index contributed by atoms with van der Waals surface area (Å²) in [6, 6.07) is 0. The number of hydrogen-bond donors (Lipinski definition) is 1. The molecule has 0 bridgehead atoms. The molecular formula is C10H20FN. The van der Waals surface area contributed by atoms with Crippen LogP contribution in [0.3, 0.4) is 0 Å². The molecule has 1 aliphatic rings. The normalized spacial score (nSPS) is 33.2. The van der Waals surface area contributed by atoms with Crippen molar-refractivity contribution in [2.75, 3.05) is 6.54 Å². The highest BCUT2D eigenvalue weighted by Gasteiger charge is 2.25. The Morgan fingerprint density at radius 1 is 1.50 bits per heavy atom. The highest BCUT2D eigenvalue weighted by molar-refractivity contribution is 4.76. The van der Waals surface area contributed by atoms with Crippen LogP contribution in [0, 0.1) is 11.8 Å². The van der Waals surface area contributed by atoms with Crippen molar-refractivity contribution in [3.63, 3.8) is 0 Å². The maximum atomic E-state index is 13.4. The summed E-state index contributed by atoms with van der Waals surface area (Å²) in [7, 11) is 0. The highest BCUT2D eigenvalue weighted by Crippen LogP contribution is 2.32. The lowest BCUT2D eigenvalue weighted by Crippen LogP contribution is -2.24. The molecule has 1 saturated carbocycles. The van der Waals surface area contributed by atoms with Crippen molar-refractivity contribution < 1.29 is 4.39 Å². The van der Waals surface area contributed by atoms with E-state index in [-0.39, 0.29) is 0 Å². The van der Waals surface area contributed by atoms with Gasteiger partial charge in [-0.05, 0) is 37.6 Å². The topological polar surface area (TPSA) is 26.0 Å². The van der Waals surface area contributed by atoms with Crippen LogP contribution in [0.1, 0.15) is 39.0 Å². The molecule has 0 aromatic heterocycles. The van der Waals surface area contributed by atoms with E-state index in [0.717, 1.165) is 18.8 Å². The van der Waals surface area contributed by atoms with Gasteiger partial charge in [0.05, 0.1) is 0 Å². The van der Waals surface area contributed by atoms with E-state index in [0.29, 0.717) is 18.9 Å². The average Bonchev–Trinajstić information content (AvgIpc) is 2.05. The van der Waals surface area contributed by atoms with Crippen LogP contribution >= 0.6 is 0 Å². The fraction of sp³-hybridized carbons (Fsp3) is 1.00. The maximum Gasteiger partial charge on any atom is 0.104 e. The van der Waals surface area contributed by atoms with Gasteiger partial charge in [0.1, 0.15) is 6.17 Å². The Balaban J connectivity index is 2.29. The van der Waals surface area contributed by atoms with Gasteiger partial charge >= 0.3 is 0 Å². The Hall–Kier alpha value is -0.110. The molecule has 0 aromatic rings. The first-order chi connectivity index (χ1) is 5.74. The van der Waals surface area contributed by atoms with Crippen LogP contribution in [0.25, 0.3) is 0 Å². The number of alkyl halides is 1. The zero-order valence-electron chi connectivity index (χ0n) is 7.93. The summed E-state index contributed by atoms with van der Waals surface area (Å²) < 4.78 is 13.4. The van der Waals surface area contributed by atoms with Crippen LogP contribution in [0.15, 0.2) is 0 Å². The van der Waals surface area contributed by atoms with Crippen LogP contribution < -0.4 is 5.73 Å². The van der Waals surface area contributed by atoms with Gasteiger partial charge in [-0.1, -0.05) is 19.8 Å². The van der Waals surface area contributed by atoms with E-state index < -0.39 is 6.17 Å². The predicted octanol–water partition coefficient (Wildman–Crippen LogP) is 2.50. The Morgan fingerprint density at radius 3 is 2.83 bits per heavy atom. The summed E-state index contributed by atoms with van der Waals surface area (Å²) in [6.45, 7) is 2.72. The van der Waals surface area contributed by atoms with Gasteiger partial charge in [0.25, 0.3) is 0 Å². The molecule has 0 radical (unpaired) electrons. The van der Waals surface area contributed by atoms with Crippen molar-refractivity contribution in [3.8, 4) is 0 Å². The third-order valence-corrected chi connectivity index (χ3v) is 2.93. The number of rotatable bonds is 3. The van der Waals surface area contributed by atoms with Crippen LogP contribution in [-0.2, 0) is 0 Å². The van der Waals surface area contributed by atoms with Crippen molar-refractivity contribution >= 4 is 0 Å². The Bertz CT molecular complexity index is 127. The first-order valence-corrected chi connectivity index (χ1v) is 5.08. The number of nitrogens with two attached hydrogens (primary N) is 1. The van der Waals surface area contributed by atoms with E-state index >= 15 is 0 Å². The molecule has 1 aliphatic carbocycles. The second kappa shape index (κ2) is 4.80. The van der Waals surface area contributed by atoms with Gasteiger partial charge in [-0.2, -0.15) is 0 Å². The molecule has 0 heterocycles. The molecule has 2 N–H and O–H groups in total. The van der Waals surface area contributed by atoms with Gasteiger partial charge < -0.3 is 5.73 Å². The summed E-state index contributed by atoms with van der Waals surface area (Å²) in [5.74, 6) is 1.03. The second-order valence-corrected chi connectivity index (χ2v) is 4.13. The van der Waals surface area contributed by atoms with Crippen molar-refractivity contribution in [1.29, 1.82) is 0 Å². The quantitative estimate of drug-likeness (QED) is 0.697. The summed E-state index contributed by atoms with van der Waals surface area (Å²) in [5, 5.41) is 0. The Labute approximate surface area is 74.5 Å². The Morgan fingerprint density at radius 2 is 2.25 bits per heavy atom. The second-order valence-electron chi connectivity index (χ2n) is 4.13. The summed E-state index contributed by atoms with van der Waals surface area (Å²) in [5.41, 5.74) is 5.33. The minimum Gasteiger partial charge on any atom is -0.330 e. The lowest BCUT2D eigenvalue weighted by Gasteiger charge is -2.28. The third-order valence-electron chi connectivity index (χ3n) is 2.93. The van der Waals surface area contributed by atoms with Gasteiger partial charge in [-0.25, -0.2) is 4.39 Å². The van der Waals surface area contributed by atoms with Crippen LogP contribution in [0.5, 0.6) is 0 Å². The molecule has 0 aliphatic heterocycles. The lowest BCUT2D eigenvalue weighted by molar-refractivity contribution is 0.148. The largest absolute Gasteiger partial charge is 0.330 e. The molecule has 1 fully saturated rings. The first-order valence-electron chi connectivity index (χ1n) is 5.08. The molecule has 0 amide bonds. The molecule has 12 heavy (non-hydrogen) atoms. The molecule has 0 saturated heterocycles. The van der Waals surface area contributed by atoms with E-state index in [1.807, 2.05) is 0 Å². The zero-order chi connectivity index (χ0) is 8.97. The molecule has 3 atom stereocenters. The first kappa shape index (κ1) is 9.97. The van der Waals surface area contributed by atoms with Crippen LogP contribution in [0.4, 0.5) is 4.39 Å². The van der Waals surface area contributed by atoms with Gasteiger partial charge in [-0.15, -0.1) is 0 Å². The fourth-order valence-electron chi connectivity index (χ4n) is 2.20. The maximum absolute atomic E-state index is 13.4. The molecule has 3 unspecified atom stereocenters. The predicted molar refractivity (Wildman–Crippen MR) is 49.7 cm³/mol. The van der Waals surface area contributed by atoms with Crippen molar-refractivity contribution in [3.05, 3.63) is 0 Å². The zero-order valence-corrected chi connectivity index (χ0v) is 7.93. The monoisotopic (exact) mass is 173 g/mol. The van der Waals surface area contributed by atoms with E-state index in [1.54, 1.807) is 0 Å². The molecular weight excluding hydrogens is 153 g/mol. The average molecular weight is 173 g/mol. The molecule has 72 valence electrons. The minimum absolute atomic E-state index is 0.303. The third kappa shape index (κ3) is 2.74. The van der Waals surface area contributed by atoms with Gasteiger partial charge in [0.2, 0.25) is 0 Å². The summed E-state index contributed by atoms with van der Waals surface area (Å²) >= 11 is 0. The van der Waals surface area contributed by atoms with Gasteiger partial charge in [0, 0.05) is 0 Å². The number of halogens is 1. The molecule has 0 aromatic carbocycles. The number of hydrogen-bond acceptors (Lipinski definition) is 1. The smallest absolute Gasteiger partial charge is 0.104 e. The Kier molecular flexibility index (Phi) is 3.99. The van der Waals surface area contributed by atoms with E-state index in [1.165, 1.54) is 12.8 Å². The van der Waals surface area contributed by atoms with Crippen molar-refractivity contribution in [2.24, 2.45) is 17.6 Å². The van der Waals surface area contributed by atoms with E-state index in [4.69, 9.17) is 5.73 Å².